The molecule has 8 heteroatoms. The molecule has 5 aromatic rings. The highest BCUT2D eigenvalue weighted by Gasteiger charge is 2.46. The van der Waals surface area contributed by atoms with Gasteiger partial charge in [-0.1, -0.05) is 47.6 Å². The van der Waals surface area contributed by atoms with Crippen LogP contribution in [0.15, 0.2) is 74.4 Å². The summed E-state index contributed by atoms with van der Waals surface area (Å²) in [5.41, 5.74) is 0.830. The molecular formula is C27H20N2O6. The first-order valence-corrected chi connectivity index (χ1v) is 11.0. The van der Waals surface area contributed by atoms with Crippen molar-refractivity contribution in [1.29, 1.82) is 0 Å². The summed E-state index contributed by atoms with van der Waals surface area (Å²) >= 11 is 0. The Bertz CT molecular complexity index is 1700. The number of fused-ring (bicyclic) bond motifs is 4. The fourth-order valence-corrected chi connectivity index (χ4v) is 4.86. The van der Waals surface area contributed by atoms with E-state index in [1.165, 1.54) is 19.1 Å². The van der Waals surface area contributed by atoms with Crippen LogP contribution in [0.4, 0.5) is 5.82 Å². The first kappa shape index (κ1) is 21.0. The molecule has 0 unspecified atom stereocenters. The lowest BCUT2D eigenvalue weighted by Gasteiger charge is -2.24. The van der Waals surface area contributed by atoms with Gasteiger partial charge in [-0.05, 0) is 29.8 Å². The molecule has 8 nitrogen and oxygen atoms in total. The van der Waals surface area contributed by atoms with Gasteiger partial charge in [0.25, 0.3) is 5.91 Å². The maximum atomic E-state index is 14.1. The number of rotatable bonds is 4. The Morgan fingerprint density at radius 2 is 1.80 bits per heavy atom. The Labute approximate surface area is 199 Å². The third-order valence-electron chi connectivity index (χ3n) is 6.35. The van der Waals surface area contributed by atoms with Crippen molar-refractivity contribution < 1.29 is 23.2 Å². The van der Waals surface area contributed by atoms with Crippen LogP contribution >= 0.6 is 0 Å². The minimum atomic E-state index is -0.869. The second-order valence-electron chi connectivity index (χ2n) is 8.29. The molecule has 1 aliphatic heterocycles. The molecule has 0 N–H and O–H groups in total. The minimum Gasteiger partial charge on any atom is -0.493 e. The van der Waals surface area contributed by atoms with Gasteiger partial charge in [-0.25, -0.2) is 0 Å². The highest BCUT2D eigenvalue weighted by molar-refractivity contribution is 6.12. The Morgan fingerprint density at radius 1 is 0.971 bits per heavy atom. The quantitative estimate of drug-likeness (QED) is 0.342. The molecule has 0 spiro atoms. The molecule has 1 amide bonds. The van der Waals surface area contributed by atoms with E-state index in [2.05, 4.69) is 5.16 Å². The van der Waals surface area contributed by atoms with Crippen molar-refractivity contribution in [3.05, 3.63) is 93.5 Å². The van der Waals surface area contributed by atoms with Crippen LogP contribution < -0.4 is 19.8 Å². The smallest absolute Gasteiger partial charge is 0.296 e. The maximum absolute atomic E-state index is 14.1. The predicted molar refractivity (Wildman–Crippen MR) is 129 cm³/mol. The number of benzene rings is 3. The molecule has 1 aliphatic rings. The second kappa shape index (κ2) is 7.73. The van der Waals surface area contributed by atoms with E-state index in [9.17, 15) is 9.59 Å². The van der Waals surface area contributed by atoms with Gasteiger partial charge in [0.15, 0.2) is 22.7 Å². The highest BCUT2D eigenvalue weighted by Crippen LogP contribution is 2.46. The van der Waals surface area contributed by atoms with Crippen LogP contribution in [0.1, 0.15) is 33.5 Å². The molecular weight excluding hydrogens is 448 g/mol. The summed E-state index contributed by atoms with van der Waals surface area (Å²) in [5, 5.41) is 6.14. The van der Waals surface area contributed by atoms with E-state index in [1.807, 2.05) is 30.3 Å². The van der Waals surface area contributed by atoms with Crippen molar-refractivity contribution in [2.24, 2.45) is 0 Å². The molecule has 174 valence electrons. The molecule has 0 aliphatic carbocycles. The number of hydrogen-bond donors (Lipinski definition) is 0. The number of methoxy groups -OCH3 is 2. The summed E-state index contributed by atoms with van der Waals surface area (Å²) in [7, 11) is 3.04. The summed E-state index contributed by atoms with van der Waals surface area (Å²) < 4.78 is 22.6. The van der Waals surface area contributed by atoms with Crippen LogP contribution in [-0.2, 0) is 0 Å². The van der Waals surface area contributed by atoms with Crippen molar-refractivity contribution in [1.82, 2.24) is 5.16 Å². The second-order valence-corrected chi connectivity index (χ2v) is 8.29. The normalized spacial score (nSPS) is 15.1. The lowest BCUT2D eigenvalue weighted by molar-refractivity contribution is 0.0969. The zero-order chi connectivity index (χ0) is 24.3. The van der Waals surface area contributed by atoms with Gasteiger partial charge in [-0.3, -0.25) is 14.5 Å². The van der Waals surface area contributed by atoms with E-state index in [1.54, 1.807) is 37.3 Å². The van der Waals surface area contributed by atoms with Crippen LogP contribution in [0.25, 0.3) is 21.7 Å². The SMILES string of the molecule is COc1cccc([C@@H]2c3c(oc4ccc5ccccc5c4c3=O)C(=O)N2c2cc(C)on2)c1OC. The topological polar surface area (TPSA) is 95.0 Å². The zero-order valence-electron chi connectivity index (χ0n) is 19.2. The number of aryl methyl sites for hydroxylation is 1. The van der Waals surface area contributed by atoms with Gasteiger partial charge in [0.05, 0.1) is 25.2 Å². The summed E-state index contributed by atoms with van der Waals surface area (Å²) in [6.07, 6.45) is 0. The summed E-state index contributed by atoms with van der Waals surface area (Å²) in [6.45, 7) is 1.73. The van der Waals surface area contributed by atoms with Crippen molar-refractivity contribution in [3.8, 4) is 11.5 Å². The average Bonchev–Trinajstić information content (AvgIpc) is 3.43. The number of carbonyl (C=O) groups is 1. The number of hydrogen-bond acceptors (Lipinski definition) is 7. The van der Waals surface area contributed by atoms with Gasteiger partial charge in [-0.2, -0.15) is 0 Å². The van der Waals surface area contributed by atoms with Crippen LogP contribution in [0.2, 0.25) is 0 Å². The van der Waals surface area contributed by atoms with E-state index in [4.69, 9.17) is 18.4 Å². The third-order valence-corrected chi connectivity index (χ3v) is 6.35. The van der Waals surface area contributed by atoms with Crippen LogP contribution in [0.3, 0.4) is 0 Å². The maximum Gasteiger partial charge on any atom is 0.296 e. The Balaban J connectivity index is 1.73. The van der Waals surface area contributed by atoms with E-state index in [-0.39, 0.29) is 22.6 Å². The van der Waals surface area contributed by atoms with Crippen molar-refractivity contribution in [2.75, 3.05) is 19.1 Å². The largest absolute Gasteiger partial charge is 0.493 e. The van der Waals surface area contributed by atoms with E-state index in [0.717, 1.165) is 10.8 Å². The Morgan fingerprint density at radius 3 is 2.54 bits per heavy atom. The van der Waals surface area contributed by atoms with Gasteiger partial charge in [0.1, 0.15) is 17.4 Å². The van der Waals surface area contributed by atoms with Crippen LogP contribution in [0, 0.1) is 6.92 Å². The van der Waals surface area contributed by atoms with E-state index >= 15 is 0 Å². The first-order valence-electron chi connectivity index (χ1n) is 11.0. The van der Waals surface area contributed by atoms with Gasteiger partial charge in [-0.15, -0.1) is 0 Å². The molecule has 0 saturated heterocycles. The van der Waals surface area contributed by atoms with Crippen molar-refractivity contribution in [2.45, 2.75) is 13.0 Å². The number of anilines is 1. The molecule has 0 bridgehead atoms. The summed E-state index contributed by atoms with van der Waals surface area (Å²) in [6, 6.07) is 17.3. The zero-order valence-corrected chi connectivity index (χ0v) is 19.2. The molecule has 0 saturated carbocycles. The van der Waals surface area contributed by atoms with Gasteiger partial charge in [0, 0.05) is 11.6 Å². The summed E-state index contributed by atoms with van der Waals surface area (Å²) in [4.78, 5) is 29.3. The standard InChI is InChI=1S/C27H20N2O6/c1-14-13-20(28-35-14)29-23(17-9-6-10-19(32-2)25(17)33-3)22-24(30)21-16-8-5-4-7-15(16)11-12-18(21)34-26(22)27(29)31/h4-13,23H,1-3H3/t23-/m1/s1. The monoisotopic (exact) mass is 468 g/mol. The molecule has 6 rings (SSSR count). The fourth-order valence-electron chi connectivity index (χ4n) is 4.86. The van der Waals surface area contributed by atoms with E-state index in [0.29, 0.717) is 33.8 Å². The number of carbonyl (C=O) groups excluding carboxylic acids is 1. The number of para-hydroxylation sites is 1. The molecule has 0 radical (unpaired) electrons. The van der Waals surface area contributed by atoms with Crippen LogP contribution in [-0.4, -0.2) is 25.3 Å². The average molecular weight is 468 g/mol. The third kappa shape index (κ3) is 2.96. The number of nitrogens with zero attached hydrogens (tertiary/aromatic N) is 2. The molecule has 1 atom stereocenters. The number of ether oxygens (including phenoxy) is 2. The highest BCUT2D eigenvalue weighted by atomic mass is 16.5. The van der Waals surface area contributed by atoms with Crippen molar-refractivity contribution in [3.63, 3.8) is 0 Å². The lowest BCUT2D eigenvalue weighted by atomic mass is 9.96. The number of aromatic nitrogens is 1. The van der Waals surface area contributed by atoms with Gasteiger partial charge in [0.2, 0.25) is 5.76 Å². The van der Waals surface area contributed by atoms with Gasteiger partial charge < -0.3 is 18.4 Å². The molecule has 0 fully saturated rings. The summed E-state index contributed by atoms with van der Waals surface area (Å²) in [5.74, 6) is 1.14. The fraction of sp³-hybridized carbons (Fsp3) is 0.148. The van der Waals surface area contributed by atoms with Crippen LogP contribution in [0.5, 0.6) is 11.5 Å². The van der Waals surface area contributed by atoms with Crippen molar-refractivity contribution >= 4 is 33.5 Å². The Kier molecular flexibility index (Phi) is 4.63. The molecule has 35 heavy (non-hydrogen) atoms. The van der Waals surface area contributed by atoms with Gasteiger partial charge >= 0.3 is 0 Å². The minimum absolute atomic E-state index is 0.0340. The molecule has 3 heterocycles. The molecule has 3 aromatic carbocycles. The van der Waals surface area contributed by atoms with E-state index < -0.39 is 11.9 Å². The molecule has 2 aromatic heterocycles. The Hall–Kier alpha value is -4.59. The predicted octanol–water partition coefficient (Wildman–Crippen LogP) is 5.01. The first-order chi connectivity index (χ1) is 17.0. The lowest BCUT2D eigenvalue weighted by Crippen LogP contribution is -2.30. The number of amides is 1.